The van der Waals surface area contributed by atoms with E-state index in [1.807, 2.05) is 30.3 Å². The number of carbonyl (C=O) groups is 1. The largest absolute Gasteiger partial charge is 0.508 e. The molecule has 1 amide bonds. The second-order valence-corrected chi connectivity index (χ2v) is 7.59. The zero-order chi connectivity index (χ0) is 21.6. The number of benzene rings is 3. The summed E-state index contributed by atoms with van der Waals surface area (Å²) in [5.74, 6) is -0.0295. The van der Waals surface area contributed by atoms with Crippen LogP contribution in [0.5, 0.6) is 5.75 Å². The van der Waals surface area contributed by atoms with Crippen LogP contribution in [-0.4, -0.2) is 31.5 Å². The van der Waals surface area contributed by atoms with Gasteiger partial charge in [-0.1, -0.05) is 60.3 Å². The Kier molecular flexibility index (Phi) is 6.28. The summed E-state index contributed by atoms with van der Waals surface area (Å²) in [7, 11) is 0. The first-order chi connectivity index (χ1) is 15.1. The molecule has 4 rings (SSSR count). The van der Waals surface area contributed by atoms with Crippen molar-refractivity contribution >= 4 is 17.7 Å². The van der Waals surface area contributed by atoms with Crippen LogP contribution < -0.4 is 5.32 Å². The summed E-state index contributed by atoms with van der Waals surface area (Å²) < 4.78 is 16.2. The lowest BCUT2D eigenvalue weighted by atomic mass is 10.2. The second kappa shape index (κ2) is 9.44. The molecule has 0 aliphatic rings. The molecule has 31 heavy (non-hydrogen) atoms. The normalized spacial score (nSPS) is 10.7. The Morgan fingerprint density at radius 2 is 1.68 bits per heavy atom. The predicted octanol–water partition coefficient (Wildman–Crippen LogP) is 4.19. The number of halogens is 1. The smallest absolute Gasteiger partial charge is 0.230 e. The molecular weight excluding hydrogens is 415 g/mol. The molecule has 2 N–H and O–H groups in total. The number of aromatic nitrogens is 3. The van der Waals surface area contributed by atoms with E-state index in [0.717, 1.165) is 5.69 Å². The number of amides is 1. The van der Waals surface area contributed by atoms with Gasteiger partial charge in [0, 0.05) is 17.8 Å². The third kappa shape index (κ3) is 4.75. The van der Waals surface area contributed by atoms with Crippen LogP contribution in [0.25, 0.3) is 17.1 Å². The highest BCUT2D eigenvalue weighted by molar-refractivity contribution is 7.99. The molecule has 4 aromatic rings. The van der Waals surface area contributed by atoms with E-state index < -0.39 is 5.82 Å². The Labute approximate surface area is 182 Å². The van der Waals surface area contributed by atoms with E-state index in [1.165, 1.54) is 17.8 Å². The highest BCUT2D eigenvalue weighted by Gasteiger charge is 2.19. The Balaban J connectivity index is 1.54. The second-order valence-electron chi connectivity index (χ2n) is 6.65. The number of hydrogen-bond acceptors (Lipinski definition) is 5. The van der Waals surface area contributed by atoms with E-state index in [2.05, 4.69) is 15.5 Å². The minimum atomic E-state index is -0.399. The molecule has 156 valence electrons. The molecule has 6 nitrogen and oxygen atoms in total. The molecule has 8 heteroatoms. The quantitative estimate of drug-likeness (QED) is 0.427. The van der Waals surface area contributed by atoms with Crippen LogP contribution in [0, 0.1) is 5.82 Å². The first kappa shape index (κ1) is 20.6. The minimum Gasteiger partial charge on any atom is -0.508 e. The van der Waals surface area contributed by atoms with Crippen molar-refractivity contribution in [2.24, 2.45) is 0 Å². The fourth-order valence-electron chi connectivity index (χ4n) is 3.03. The average Bonchev–Trinajstić information content (AvgIpc) is 3.22. The maximum absolute atomic E-state index is 14.4. The molecule has 0 saturated heterocycles. The molecular formula is C23H19FN4O2S. The number of nitrogens with one attached hydrogen (secondary N) is 1. The van der Waals surface area contributed by atoms with Gasteiger partial charge in [0.1, 0.15) is 11.6 Å². The van der Waals surface area contributed by atoms with Crippen LogP contribution in [0.2, 0.25) is 0 Å². The van der Waals surface area contributed by atoms with Gasteiger partial charge in [0.2, 0.25) is 5.91 Å². The van der Waals surface area contributed by atoms with Crippen molar-refractivity contribution < 1.29 is 14.3 Å². The lowest BCUT2D eigenvalue weighted by Crippen LogP contribution is -2.24. The summed E-state index contributed by atoms with van der Waals surface area (Å²) in [6, 6.07) is 22.6. The fraction of sp³-hybridized carbons (Fsp3) is 0.0870. The topological polar surface area (TPSA) is 80.0 Å². The van der Waals surface area contributed by atoms with Crippen molar-refractivity contribution in [1.82, 2.24) is 20.1 Å². The van der Waals surface area contributed by atoms with Crippen LogP contribution in [0.4, 0.5) is 4.39 Å². The van der Waals surface area contributed by atoms with E-state index in [1.54, 1.807) is 47.0 Å². The van der Waals surface area contributed by atoms with Crippen molar-refractivity contribution in [2.75, 3.05) is 5.75 Å². The summed E-state index contributed by atoms with van der Waals surface area (Å²) >= 11 is 1.20. The number of rotatable bonds is 7. The van der Waals surface area contributed by atoms with Crippen LogP contribution >= 0.6 is 11.8 Å². The number of para-hydroxylation sites is 2. The Hall–Kier alpha value is -3.65. The fourth-order valence-corrected chi connectivity index (χ4v) is 3.81. The number of phenolic OH excluding ortho intramolecular Hbond substituents is 1. The van der Waals surface area contributed by atoms with Gasteiger partial charge in [-0.15, -0.1) is 10.2 Å². The maximum atomic E-state index is 14.4. The van der Waals surface area contributed by atoms with Gasteiger partial charge in [-0.2, -0.15) is 0 Å². The number of phenols is 1. The van der Waals surface area contributed by atoms with E-state index in [-0.39, 0.29) is 24.0 Å². The Morgan fingerprint density at radius 1 is 0.968 bits per heavy atom. The highest BCUT2D eigenvalue weighted by atomic mass is 32.2. The van der Waals surface area contributed by atoms with E-state index in [4.69, 9.17) is 0 Å². The molecule has 3 aromatic carbocycles. The Morgan fingerprint density at radius 3 is 2.45 bits per heavy atom. The molecule has 1 aromatic heterocycles. The van der Waals surface area contributed by atoms with Crippen molar-refractivity contribution in [3.05, 3.63) is 90.2 Å². The van der Waals surface area contributed by atoms with Crippen molar-refractivity contribution in [3.63, 3.8) is 0 Å². The van der Waals surface area contributed by atoms with Gasteiger partial charge >= 0.3 is 0 Å². The SMILES string of the molecule is O=C(CSc1nnc(-c2ccccc2F)n1-c1ccccc1)NCc1ccccc1O. The summed E-state index contributed by atoms with van der Waals surface area (Å²) in [5.41, 5.74) is 1.73. The van der Waals surface area contributed by atoms with Gasteiger partial charge in [0.15, 0.2) is 11.0 Å². The molecule has 0 atom stereocenters. The van der Waals surface area contributed by atoms with Crippen molar-refractivity contribution in [3.8, 4) is 22.8 Å². The zero-order valence-electron chi connectivity index (χ0n) is 16.4. The standard InChI is InChI=1S/C23H19FN4O2S/c24-19-12-6-5-11-18(19)22-26-27-23(28(22)17-9-2-1-3-10-17)31-15-21(30)25-14-16-8-4-7-13-20(16)29/h1-13,29H,14-15H2,(H,25,30). The molecule has 0 aliphatic heterocycles. The first-order valence-corrected chi connectivity index (χ1v) is 10.5. The van der Waals surface area contributed by atoms with Crippen molar-refractivity contribution in [1.29, 1.82) is 0 Å². The highest BCUT2D eigenvalue weighted by Crippen LogP contribution is 2.29. The molecule has 1 heterocycles. The average molecular weight is 434 g/mol. The van der Waals surface area contributed by atoms with Gasteiger partial charge in [0.05, 0.1) is 11.3 Å². The third-order valence-electron chi connectivity index (χ3n) is 4.56. The lowest BCUT2D eigenvalue weighted by molar-refractivity contribution is -0.118. The molecule has 0 radical (unpaired) electrons. The molecule has 0 saturated carbocycles. The minimum absolute atomic E-state index is 0.0931. The van der Waals surface area contributed by atoms with Crippen LogP contribution in [-0.2, 0) is 11.3 Å². The monoisotopic (exact) mass is 434 g/mol. The number of hydrogen-bond donors (Lipinski definition) is 2. The summed E-state index contributed by atoms with van der Waals surface area (Å²) in [6.45, 7) is 0.220. The Bertz CT molecular complexity index is 1200. The van der Waals surface area contributed by atoms with Gasteiger partial charge in [-0.25, -0.2) is 4.39 Å². The summed E-state index contributed by atoms with van der Waals surface area (Å²) in [4.78, 5) is 12.3. The van der Waals surface area contributed by atoms with Crippen LogP contribution in [0.15, 0.2) is 84.0 Å². The lowest BCUT2D eigenvalue weighted by Gasteiger charge is -2.11. The van der Waals surface area contributed by atoms with Crippen LogP contribution in [0.1, 0.15) is 5.56 Å². The van der Waals surface area contributed by atoms with E-state index in [9.17, 15) is 14.3 Å². The van der Waals surface area contributed by atoms with Gasteiger partial charge in [0.25, 0.3) is 0 Å². The number of carbonyl (C=O) groups excluding carboxylic acids is 1. The first-order valence-electron chi connectivity index (χ1n) is 9.55. The van der Waals surface area contributed by atoms with Crippen LogP contribution in [0.3, 0.4) is 0 Å². The molecule has 0 unspecified atom stereocenters. The molecule has 0 aliphatic carbocycles. The summed E-state index contributed by atoms with van der Waals surface area (Å²) in [6.07, 6.45) is 0. The maximum Gasteiger partial charge on any atom is 0.230 e. The molecule has 0 fully saturated rings. The molecule has 0 spiro atoms. The number of aromatic hydroxyl groups is 1. The third-order valence-corrected chi connectivity index (χ3v) is 5.49. The van der Waals surface area contributed by atoms with Crippen molar-refractivity contribution in [2.45, 2.75) is 11.7 Å². The van der Waals surface area contributed by atoms with Gasteiger partial charge < -0.3 is 10.4 Å². The summed E-state index contributed by atoms with van der Waals surface area (Å²) in [5, 5.41) is 21.5. The van der Waals surface area contributed by atoms with Gasteiger partial charge in [-0.3, -0.25) is 9.36 Å². The zero-order valence-corrected chi connectivity index (χ0v) is 17.2. The van der Waals surface area contributed by atoms with E-state index in [0.29, 0.717) is 22.1 Å². The van der Waals surface area contributed by atoms with E-state index >= 15 is 0 Å². The predicted molar refractivity (Wildman–Crippen MR) is 117 cm³/mol. The number of thioether (sulfide) groups is 1. The van der Waals surface area contributed by atoms with Gasteiger partial charge in [-0.05, 0) is 30.3 Å². The number of nitrogens with zero attached hydrogens (tertiary/aromatic N) is 3. The molecule has 0 bridgehead atoms.